The van der Waals surface area contributed by atoms with Crippen LogP contribution < -0.4 is 10.6 Å². The Labute approximate surface area is 207 Å². The Bertz CT molecular complexity index is 734. The fraction of sp³-hybridized carbons (Fsp3) is 0.696. The number of anilines is 2. The molecular formula is C23H38ClN5O5. The fourth-order valence-electron chi connectivity index (χ4n) is 2.92. The molecule has 10 nitrogen and oxygen atoms in total. The van der Waals surface area contributed by atoms with Gasteiger partial charge in [0.1, 0.15) is 24.5 Å². The zero-order chi connectivity index (χ0) is 25.0. The van der Waals surface area contributed by atoms with E-state index in [9.17, 15) is 0 Å². The number of ether oxygens (including phenoxy) is 5. The summed E-state index contributed by atoms with van der Waals surface area (Å²) in [5.41, 5.74) is 0.519. The van der Waals surface area contributed by atoms with E-state index >= 15 is 0 Å². The van der Waals surface area contributed by atoms with Crippen molar-refractivity contribution in [2.24, 2.45) is 0 Å². The summed E-state index contributed by atoms with van der Waals surface area (Å²) in [5.74, 6) is 3.33. The highest BCUT2D eigenvalue weighted by Gasteiger charge is 2.23. The van der Waals surface area contributed by atoms with Gasteiger partial charge < -0.3 is 39.7 Å². The second kappa shape index (κ2) is 19.3. The first-order chi connectivity index (χ1) is 16.6. The van der Waals surface area contributed by atoms with Gasteiger partial charge in [-0.05, 0) is 31.4 Å². The van der Waals surface area contributed by atoms with Gasteiger partial charge in [-0.25, -0.2) is 0 Å². The van der Waals surface area contributed by atoms with Gasteiger partial charge in [-0.15, -0.1) is 6.42 Å². The lowest BCUT2D eigenvalue weighted by atomic mass is 10.2. The number of aromatic nitrogens is 2. The molecule has 34 heavy (non-hydrogen) atoms. The molecule has 0 amide bonds. The summed E-state index contributed by atoms with van der Waals surface area (Å²) in [6.45, 7) is 10.1. The van der Waals surface area contributed by atoms with Crippen LogP contribution in [0, 0.1) is 17.8 Å². The van der Waals surface area contributed by atoms with E-state index in [1.165, 1.54) is 6.21 Å². The van der Waals surface area contributed by atoms with Gasteiger partial charge >= 0.3 is 0 Å². The van der Waals surface area contributed by atoms with E-state index in [0.717, 1.165) is 12.8 Å². The predicted octanol–water partition coefficient (Wildman–Crippen LogP) is 3.20. The van der Waals surface area contributed by atoms with Crippen molar-refractivity contribution in [2.45, 2.75) is 45.9 Å². The van der Waals surface area contributed by atoms with Crippen molar-refractivity contribution in [3.05, 3.63) is 10.8 Å². The van der Waals surface area contributed by atoms with Gasteiger partial charge in [0.25, 0.3) is 0 Å². The maximum Gasteiger partial charge on any atom is 0.226 e. The number of halogens is 1. The molecule has 192 valence electrons. The Kier molecular flexibility index (Phi) is 17.1. The quantitative estimate of drug-likeness (QED) is 0.128. The molecule has 1 aromatic heterocycles. The van der Waals surface area contributed by atoms with E-state index in [1.807, 2.05) is 20.8 Å². The maximum atomic E-state index is 7.75. The van der Waals surface area contributed by atoms with Crippen molar-refractivity contribution < 1.29 is 23.7 Å². The van der Waals surface area contributed by atoms with Crippen molar-refractivity contribution in [1.82, 2.24) is 9.97 Å². The van der Waals surface area contributed by atoms with Crippen LogP contribution >= 0.6 is 11.6 Å². The lowest BCUT2D eigenvalue weighted by Gasteiger charge is -2.17. The number of hydrogen-bond acceptors (Lipinski definition) is 10. The molecule has 0 aliphatic carbocycles. The molecule has 0 aromatic carbocycles. The van der Waals surface area contributed by atoms with Crippen molar-refractivity contribution in [3.63, 3.8) is 0 Å². The molecule has 2 rings (SSSR count). The van der Waals surface area contributed by atoms with Gasteiger partial charge in [-0.1, -0.05) is 19.8 Å². The number of nitrogens with one attached hydrogen (secondary N) is 3. The van der Waals surface area contributed by atoms with Gasteiger partial charge in [0.2, 0.25) is 5.28 Å². The third-order valence-electron chi connectivity index (χ3n) is 4.43. The average molecular weight is 500 g/mol. The third kappa shape index (κ3) is 12.5. The summed E-state index contributed by atoms with van der Waals surface area (Å²) in [6.07, 6.45) is 8.14. The Morgan fingerprint density at radius 1 is 1.03 bits per heavy atom. The topological polar surface area (TPSA) is 120 Å². The number of nitrogens with zero attached hydrogens (tertiary/aromatic N) is 2. The van der Waals surface area contributed by atoms with Crippen LogP contribution in [0.3, 0.4) is 0 Å². The van der Waals surface area contributed by atoms with Crippen molar-refractivity contribution in [1.29, 1.82) is 5.41 Å². The van der Waals surface area contributed by atoms with Crippen LogP contribution in [0.5, 0.6) is 0 Å². The second-order valence-corrected chi connectivity index (χ2v) is 7.26. The highest BCUT2D eigenvalue weighted by molar-refractivity contribution is 6.28. The zero-order valence-corrected chi connectivity index (χ0v) is 21.2. The number of rotatable bonds is 17. The highest BCUT2D eigenvalue weighted by Crippen LogP contribution is 2.25. The van der Waals surface area contributed by atoms with E-state index in [2.05, 4.69) is 26.5 Å². The molecule has 3 N–H and O–H groups in total. The van der Waals surface area contributed by atoms with E-state index in [0.29, 0.717) is 76.6 Å². The molecule has 2 heterocycles. The van der Waals surface area contributed by atoms with E-state index in [-0.39, 0.29) is 17.6 Å². The normalized spacial score (nSPS) is 16.9. The first kappa shape index (κ1) is 30.0. The minimum atomic E-state index is -0.155. The Hall–Kier alpha value is -2.00. The van der Waals surface area contributed by atoms with Crippen LogP contribution in [0.4, 0.5) is 11.6 Å². The van der Waals surface area contributed by atoms with E-state index in [1.54, 1.807) is 0 Å². The monoisotopic (exact) mass is 499 g/mol. The molecule has 0 spiro atoms. The van der Waals surface area contributed by atoms with Crippen LogP contribution in [0.2, 0.25) is 5.28 Å². The van der Waals surface area contributed by atoms with Crippen molar-refractivity contribution in [3.8, 4) is 12.3 Å². The number of terminal acetylenes is 1. The smallest absolute Gasteiger partial charge is 0.226 e. The van der Waals surface area contributed by atoms with Crippen LogP contribution in [-0.2, 0) is 23.7 Å². The molecular weight excluding hydrogens is 462 g/mol. The van der Waals surface area contributed by atoms with Crippen LogP contribution in [0.25, 0.3) is 0 Å². The Morgan fingerprint density at radius 2 is 1.62 bits per heavy atom. The lowest BCUT2D eigenvalue weighted by molar-refractivity contribution is 0.00248. The molecule has 0 saturated carbocycles. The number of hydrogen-bond donors (Lipinski definition) is 3. The maximum absolute atomic E-state index is 7.75. The molecule has 1 aliphatic rings. The molecule has 0 bridgehead atoms. The first-order valence-electron chi connectivity index (χ1n) is 11.6. The first-order valence-corrected chi connectivity index (χ1v) is 12.0. The van der Waals surface area contributed by atoms with Crippen LogP contribution in [0.15, 0.2) is 0 Å². The van der Waals surface area contributed by atoms with Crippen LogP contribution in [0.1, 0.15) is 39.2 Å². The standard InChI is InChI=1S/C21H32ClN5O5.C2H6/c1-3-7-28-9-11-30-13-14-31-12-10-29-8-6-24-19-17(15-23)20(27-21(22)26-19)25-18-5-4-16(2)32-18;1-2/h1,15-16,18,23H,4-14H2,2H3,(H2,24,25,26,27);1-2H3. The average Bonchev–Trinajstić information content (AvgIpc) is 3.25. The van der Waals surface area contributed by atoms with E-state index < -0.39 is 0 Å². The SMILES string of the molecule is C#CCOCCOCCOCCOCCNc1nc(Cl)nc(NC2CCC(C)O2)c1C=N.CC. The fourth-order valence-corrected chi connectivity index (χ4v) is 3.09. The summed E-state index contributed by atoms with van der Waals surface area (Å²) < 4.78 is 27.2. The third-order valence-corrected chi connectivity index (χ3v) is 4.60. The van der Waals surface area contributed by atoms with Gasteiger partial charge in [-0.2, -0.15) is 9.97 Å². The zero-order valence-electron chi connectivity index (χ0n) is 20.4. The van der Waals surface area contributed by atoms with Gasteiger partial charge in [0.15, 0.2) is 0 Å². The molecule has 11 heteroatoms. The summed E-state index contributed by atoms with van der Waals surface area (Å²) in [7, 11) is 0. The highest BCUT2D eigenvalue weighted by atomic mass is 35.5. The summed E-state index contributed by atoms with van der Waals surface area (Å²) in [6, 6.07) is 0. The largest absolute Gasteiger partial charge is 0.377 e. The Morgan fingerprint density at radius 3 is 2.18 bits per heavy atom. The summed E-state index contributed by atoms with van der Waals surface area (Å²) in [4.78, 5) is 8.40. The molecule has 2 unspecified atom stereocenters. The van der Waals surface area contributed by atoms with Gasteiger partial charge in [-0.3, -0.25) is 0 Å². The lowest BCUT2D eigenvalue weighted by Crippen LogP contribution is -2.22. The van der Waals surface area contributed by atoms with Crippen LogP contribution in [-0.4, -0.2) is 87.9 Å². The summed E-state index contributed by atoms with van der Waals surface area (Å²) in [5, 5.41) is 14.2. The minimum absolute atomic E-state index is 0.0887. The predicted molar refractivity (Wildman–Crippen MR) is 134 cm³/mol. The second-order valence-electron chi connectivity index (χ2n) is 6.93. The molecule has 1 aromatic rings. The van der Waals surface area contributed by atoms with E-state index in [4.69, 9.17) is 47.1 Å². The molecule has 1 saturated heterocycles. The minimum Gasteiger partial charge on any atom is -0.377 e. The molecule has 1 fully saturated rings. The molecule has 2 atom stereocenters. The molecule has 1 aliphatic heterocycles. The van der Waals surface area contributed by atoms with Gasteiger partial charge in [0.05, 0.1) is 57.9 Å². The van der Waals surface area contributed by atoms with Crippen molar-refractivity contribution >= 4 is 29.5 Å². The Balaban J connectivity index is 0.00000281. The van der Waals surface area contributed by atoms with Crippen molar-refractivity contribution in [2.75, 3.05) is 70.0 Å². The van der Waals surface area contributed by atoms with Gasteiger partial charge in [0, 0.05) is 12.8 Å². The molecule has 0 radical (unpaired) electrons. The summed E-state index contributed by atoms with van der Waals surface area (Å²) >= 11 is 6.07.